The summed E-state index contributed by atoms with van der Waals surface area (Å²) in [6.07, 6.45) is 2.88. The van der Waals surface area contributed by atoms with Gasteiger partial charge in [0.25, 0.3) is 5.91 Å². The summed E-state index contributed by atoms with van der Waals surface area (Å²) in [6, 6.07) is 24.1. The summed E-state index contributed by atoms with van der Waals surface area (Å²) in [5.41, 5.74) is 8.23. The van der Waals surface area contributed by atoms with Gasteiger partial charge in [0.05, 0.1) is 42.1 Å². The van der Waals surface area contributed by atoms with Crippen molar-refractivity contribution in [3.05, 3.63) is 125 Å². The molecule has 2 aromatic heterocycles. The molecule has 0 saturated heterocycles. The maximum atomic E-state index is 14.2. The van der Waals surface area contributed by atoms with Crippen LogP contribution in [0.2, 0.25) is 0 Å². The maximum Gasteiger partial charge on any atom is 0.330 e. The summed E-state index contributed by atoms with van der Waals surface area (Å²) >= 11 is 0. The minimum Gasteiger partial charge on any atom is -0.383 e. The first-order valence-electron chi connectivity index (χ1n) is 18.7. The largest absolute Gasteiger partial charge is 0.383 e. The fraction of sp³-hybridized carbons (Fsp3) is 0.302. The highest BCUT2D eigenvalue weighted by Crippen LogP contribution is 2.36. The molecule has 3 amide bonds. The molecule has 0 saturated carbocycles. The number of aryl methyl sites for hydroxylation is 2. The Labute approximate surface area is 327 Å². The summed E-state index contributed by atoms with van der Waals surface area (Å²) in [5, 5.41) is 18.1. The van der Waals surface area contributed by atoms with Crippen LogP contribution in [0.25, 0.3) is 0 Å². The van der Waals surface area contributed by atoms with Gasteiger partial charge in [0.1, 0.15) is 11.9 Å². The molecule has 13 heteroatoms. The number of anilines is 6. The number of amides is 3. The molecule has 13 nitrogen and oxygen atoms in total. The number of methoxy groups -OCH3 is 1. The van der Waals surface area contributed by atoms with E-state index in [1.165, 1.54) is 4.90 Å². The van der Waals surface area contributed by atoms with Crippen LogP contribution in [0.4, 0.5) is 39.3 Å². The van der Waals surface area contributed by atoms with E-state index >= 15 is 0 Å². The normalized spacial score (nSPS) is 16.0. The first-order valence-corrected chi connectivity index (χ1v) is 18.7. The number of aliphatic hydroxyl groups is 1. The number of fused-ring (bicyclic) bond motifs is 2. The molecule has 288 valence electrons. The zero-order chi connectivity index (χ0) is 39.5. The molecule has 2 aliphatic heterocycles. The van der Waals surface area contributed by atoms with Crippen LogP contribution in [0.15, 0.2) is 96.2 Å². The standard InChI is InChI=1S/C43H47N9O4/c1-26(2)20-35-41(54)51(18-19-56-6)37-21-30(14-17-34(37)38(48-35)29-10-8-7-9-11-29)40(53)46-32-15-12-27(3)36(22-32)52-25-31-23-45-42(49-39(31)50(5)43(52)55)47-33-16-13-28(4)44-24-33/h7-17,21-24,26,35,40,46,53H,18-20,25H2,1-6H3,(H,45,47,49)/t35-,40?/m0/s1. The van der Waals surface area contributed by atoms with Crippen LogP contribution < -0.4 is 25.3 Å². The Bertz CT molecular complexity index is 2260. The molecule has 1 unspecified atom stereocenters. The number of hydrogen-bond acceptors (Lipinski definition) is 10. The van der Waals surface area contributed by atoms with Crippen molar-refractivity contribution in [3.8, 4) is 0 Å². The van der Waals surface area contributed by atoms with E-state index in [0.29, 0.717) is 54.0 Å². The molecule has 56 heavy (non-hydrogen) atoms. The highest BCUT2D eigenvalue weighted by atomic mass is 16.5. The Balaban J connectivity index is 1.16. The average molecular weight is 754 g/mol. The summed E-state index contributed by atoms with van der Waals surface area (Å²) in [7, 11) is 3.30. The molecule has 0 spiro atoms. The van der Waals surface area contributed by atoms with E-state index < -0.39 is 12.3 Å². The zero-order valence-electron chi connectivity index (χ0n) is 32.5. The molecular weight excluding hydrogens is 707 g/mol. The van der Waals surface area contributed by atoms with Crippen LogP contribution in [0.5, 0.6) is 0 Å². The third-order valence-corrected chi connectivity index (χ3v) is 9.96. The second-order valence-electron chi connectivity index (χ2n) is 14.6. The molecule has 2 aliphatic rings. The lowest BCUT2D eigenvalue weighted by molar-refractivity contribution is -0.120. The molecule has 3 N–H and O–H groups in total. The Morgan fingerprint density at radius 2 is 1.71 bits per heavy atom. The number of ether oxygens (including phenoxy) is 1. The number of aliphatic imine (C=N–C) groups is 1. The van der Waals surface area contributed by atoms with Gasteiger partial charge in [0.2, 0.25) is 5.95 Å². The smallest absolute Gasteiger partial charge is 0.330 e. The number of carbonyl (C=O) groups excluding carboxylic acids is 2. The molecular formula is C43H47N9O4. The summed E-state index contributed by atoms with van der Waals surface area (Å²) < 4.78 is 5.43. The van der Waals surface area contributed by atoms with Crippen LogP contribution >= 0.6 is 0 Å². The zero-order valence-corrected chi connectivity index (χ0v) is 32.5. The van der Waals surface area contributed by atoms with E-state index in [2.05, 4.69) is 39.4 Å². The third-order valence-electron chi connectivity index (χ3n) is 9.96. The van der Waals surface area contributed by atoms with E-state index in [1.54, 1.807) is 36.4 Å². The van der Waals surface area contributed by atoms with Gasteiger partial charge in [-0.3, -0.25) is 24.6 Å². The number of urea groups is 1. The van der Waals surface area contributed by atoms with Crippen molar-refractivity contribution in [2.45, 2.75) is 52.9 Å². The highest BCUT2D eigenvalue weighted by Gasteiger charge is 2.34. The van der Waals surface area contributed by atoms with Crippen molar-refractivity contribution < 1.29 is 19.4 Å². The SMILES string of the molecule is COCCN1C(=O)[C@H](CC(C)C)N=C(c2ccccc2)c2ccc(C(O)Nc3ccc(C)c(N4Cc5cnc(Nc6ccc(C)nc6)nc5N(C)C4=O)c3)cc21. The second-order valence-corrected chi connectivity index (χ2v) is 14.6. The molecule has 0 bridgehead atoms. The molecule has 0 radical (unpaired) electrons. The van der Waals surface area contributed by atoms with E-state index in [4.69, 9.17) is 9.73 Å². The van der Waals surface area contributed by atoms with Crippen molar-refractivity contribution in [1.29, 1.82) is 0 Å². The summed E-state index contributed by atoms with van der Waals surface area (Å²) in [4.78, 5) is 51.5. The number of hydrogen-bond donors (Lipinski definition) is 3. The van der Waals surface area contributed by atoms with Crippen LogP contribution in [-0.4, -0.2) is 71.1 Å². The van der Waals surface area contributed by atoms with Gasteiger partial charge in [-0.25, -0.2) is 9.78 Å². The second kappa shape index (κ2) is 16.3. The fourth-order valence-corrected chi connectivity index (χ4v) is 7.02. The lowest BCUT2D eigenvalue weighted by Gasteiger charge is -2.35. The Morgan fingerprint density at radius 1 is 0.929 bits per heavy atom. The van der Waals surface area contributed by atoms with Crippen LogP contribution in [0.1, 0.15) is 60.0 Å². The van der Waals surface area contributed by atoms with Gasteiger partial charge in [0, 0.05) is 60.5 Å². The number of benzene rings is 3. The van der Waals surface area contributed by atoms with Gasteiger partial charge in [-0.15, -0.1) is 0 Å². The quantitative estimate of drug-likeness (QED) is 0.113. The Kier molecular flexibility index (Phi) is 11.1. The lowest BCUT2D eigenvalue weighted by Crippen LogP contribution is -2.46. The van der Waals surface area contributed by atoms with Crippen LogP contribution in [-0.2, 0) is 16.1 Å². The van der Waals surface area contributed by atoms with Crippen molar-refractivity contribution in [1.82, 2.24) is 15.0 Å². The van der Waals surface area contributed by atoms with E-state index in [0.717, 1.165) is 39.3 Å². The van der Waals surface area contributed by atoms with Crippen LogP contribution in [0, 0.1) is 19.8 Å². The molecule has 2 atom stereocenters. The van der Waals surface area contributed by atoms with Crippen molar-refractivity contribution in [3.63, 3.8) is 0 Å². The summed E-state index contributed by atoms with van der Waals surface area (Å²) in [5.74, 6) is 1.02. The van der Waals surface area contributed by atoms with E-state index in [9.17, 15) is 14.7 Å². The van der Waals surface area contributed by atoms with Gasteiger partial charge in [-0.05, 0) is 62.1 Å². The van der Waals surface area contributed by atoms with Gasteiger partial charge in [-0.2, -0.15) is 4.98 Å². The number of nitrogens with zero attached hydrogens (tertiary/aromatic N) is 7. The molecule has 3 aromatic carbocycles. The predicted octanol–water partition coefficient (Wildman–Crippen LogP) is 7.16. The summed E-state index contributed by atoms with van der Waals surface area (Å²) in [6.45, 7) is 8.96. The van der Waals surface area contributed by atoms with Gasteiger partial charge < -0.3 is 25.4 Å². The number of nitrogens with one attached hydrogen (secondary N) is 2. The molecule has 0 aliphatic carbocycles. The third kappa shape index (κ3) is 7.95. The molecule has 4 heterocycles. The average Bonchev–Trinajstić information content (AvgIpc) is 3.30. The van der Waals surface area contributed by atoms with E-state index in [-0.39, 0.29) is 24.4 Å². The minimum absolute atomic E-state index is 0.107. The van der Waals surface area contributed by atoms with Gasteiger partial charge in [-0.1, -0.05) is 62.4 Å². The number of benzodiazepines with no additional fused rings is 1. The molecule has 7 rings (SSSR count). The number of pyridine rings is 1. The van der Waals surface area contributed by atoms with Gasteiger partial charge >= 0.3 is 6.03 Å². The highest BCUT2D eigenvalue weighted by molar-refractivity contribution is 6.20. The van der Waals surface area contributed by atoms with Crippen molar-refractivity contribution >= 4 is 52.2 Å². The van der Waals surface area contributed by atoms with Crippen molar-refractivity contribution in [2.24, 2.45) is 10.9 Å². The first-order chi connectivity index (χ1) is 27.0. The monoisotopic (exact) mass is 753 g/mol. The lowest BCUT2D eigenvalue weighted by atomic mass is 9.98. The molecule has 0 fully saturated rings. The predicted molar refractivity (Wildman–Crippen MR) is 220 cm³/mol. The first kappa shape index (κ1) is 38.1. The Hall–Kier alpha value is -6.18. The van der Waals surface area contributed by atoms with Crippen molar-refractivity contribution in [2.75, 3.05) is 52.6 Å². The number of aliphatic hydroxyl groups excluding tert-OH is 1. The van der Waals surface area contributed by atoms with E-state index in [1.807, 2.05) is 92.7 Å². The van der Waals surface area contributed by atoms with Crippen LogP contribution in [0.3, 0.4) is 0 Å². The minimum atomic E-state index is -1.15. The topological polar surface area (TPSA) is 148 Å². The number of aromatic nitrogens is 3. The number of carbonyl (C=O) groups is 2. The maximum absolute atomic E-state index is 14.2. The fourth-order valence-electron chi connectivity index (χ4n) is 7.02. The Morgan fingerprint density at radius 3 is 2.45 bits per heavy atom. The van der Waals surface area contributed by atoms with Gasteiger partial charge in [0.15, 0.2) is 6.23 Å². The molecule has 5 aromatic rings. The number of rotatable bonds is 12.